The van der Waals surface area contributed by atoms with Gasteiger partial charge in [-0.2, -0.15) is 8.42 Å². The molecule has 0 aliphatic carbocycles. The van der Waals surface area contributed by atoms with Crippen LogP contribution in [0.15, 0.2) is 0 Å². The summed E-state index contributed by atoms with van der Waals surface area (Å²) in [6.07, 6.45) is 1.29. The molecule has 0 aromatic rings. The Labute approximate surface area is 95.2 Å². The molecular formula is C9H16O6S. The third-order valence-corrected chi connectivity index (χ3v) is 3.25. The minimum atomic E-state index is -4.04. The number of unbranched alkanes of at least 4 members (excludes halogenated alkanes) is 2. The van der Waals surface area contributed by atoms with Crippen molar-refractivity contribution in [2.45, 2.75) is 44.8 Å². The molecular weight excluding hydrogens is 236 g/mol. The van der Waals surface area contributed by atoms with Crippen LogP contribution in [0.1, 0.15) is 32.6 Å². The molecule has 0 aromatic heterocycles. The van der Waals surface area contributed by atoms with Crippen molar-refractivity contribution in [3.05, 3.63) is 0 Å². The Bertz CT molecular complexity index is 336. The molecule has 6 nitrogen and oxygen atoms in total. The molecule has 0 aromatic carbocycles. The number of hydrogen-bond donors (Lipinski definition) is 0. The van der Waals surface area contributed by atoms with Crippen molar-refractivity contribution >= 4 is 16.4 Å². The Balaban J connectivity index is 2.61. The lowest BCUT2D eigenvalue weighted by molar-refractivity contribution is -0.150. The van der Waals surface area contributed by atoms with E-state index in [2.05, 4.69) is 13.1 Å². The predicted molar refractivity (Wildman–Crippen MR) is 54.8 cm³/mol. The zero-order valence-corrected chi connectivity index (χ0v) is 10.2. The summed E-state index contributed by atoms with van der Waals surface area (Å²) in [6.45, 7) is 2.03. The Kier molecular flexibility index (Phi) is 4.69. The molecule has 0 saturated carbocycles. The molecule has 0 unspecified atom stereocenters. The zero-order chi connectivity index (χ0) is 12.2. The fourth-order valence-corrected chi connectivity index (χ4v) is 2.52. The quantitative estimate of drug-likeness (QED) is 0.531. The van der Waals surface area contributed by atoms with Gasteiger partial charge >= 0.3 is 16.4 Å². The Morgan fingerprint density at radius 2 is 2.00 bits per heavy atom. The number of carbonyl (C=O) groups excluding carboxylic acids is 1. The number of hydrogen-bond acceptors (Lipinski definition) is 6. The summed E-state index contributed by atoms with van der Waals surface area (Å²) in [5.41, 5.74) is 0. The molecule has 16 heavy (non-hydrogen) atoms. The molecule has 7 heteroatoms. The molecule has 1 fully saturated rings. The molecule has 1 aliphatic rings. The van der Waals surface area contributed by atoms with E-state index in [1.807, 2.05) is 6.92 Å². The van der Waals surface area contributed by atoms with Crippen LogP contribution in [0.5, 0.6) is 0 Å². The van der Waals surface area contributed by atoms with E-state index in [1.165, 1.54) is 7.11 Å². The maximum Gasteiger partial charge on any atom is 0.401 e. The van der Waals surface area contributed by atoms with Crippen LogP contribution in [0, 0.1) is 0 Å². The van der Waals surface area contributed by atoms with Crippen LogP contribution in [-0.2, 0) is 28.3 Å². The molecule has 0 bridgehead atoms. The van der Waals surface area contributed by atoms with Gasteiger partial charge < -0.3 is 4.74 Å². The van der Waals surface area contributed by atoms with Gasteiger partial charge in [-0.15, -0.1) is 0 Å². The normalized spacial score (nSPS) is 27.9. The molecule has 0 spiro atoms. The second-order valence-electron chi connectivity index (χ2n) is 3.58. The Morgan fingerprint density at radius 3 is 2.56 bits per heavy atom. The van der Waals surface area contributed by atoms with Gasteiger partial charge in [-0.1, -0.05) is 26.2 Å². The fraction of sp³-hybridized carbons (Fsp3) is 0.889. The number of esters is 1. The summed E-state index contributed by atoms with van der Waals surface area (Å²) < 4.78 is 35.8. The summed E-state index contributed by atoms with van der Waals surface area (Å²) in [7, 11) is -2.86. The van der Waals surface area contributed by atoms with E-state index in [-0.39, 0.29) is 0 Å². The van der Waals surface area contributed by atoms with Crippen molar-refractivity contribution in [2.24, 2.45) is 0 Å². The first-order chi connectivity index (χ1) is 7.50. The molecule has 0 radical (unpaired) electrons. The van der Waals surface area contributed by atoms with Crippen molar-refractivity contribution in [2.75, 3.05) is 7.11 Å². The highest BCUT2D eigenvalue weighted by molar-refractivity contribution is 7.82. The van der Waals surface area contributed by atoms with Gasteiger partial charge in [-0.25, -0.2) is 13.2 Å². The number of carbonyl (C=O) groups is 1. The molecule has 0 N–H and O–H groups in total. The molecule has 94 valence electrons. The Hall–Kier alpha value is -0.660. The van der Waals surface area contributed by atoms with E-state index in [4.69, 9.17) is 0 Å². The van der Waals surface area contributed by atoms with Crippen LogP contribution in [0.4, 0.5) is 0 Å². The number of ether oxygens (including phenoxy) is 1. The molecule has 1 saturated heterocycles. The summed E-state index contributed by atoms with van der Waals surface area (Å²) in [4.78, 5) is 11.3. The van der Waals surface area contributed by atoms with Crippen molar-refractivity contribution in [1.29, 1.82) is 0 Å². The van der Waals surface area contributed by atoms with Gasteiger partial charge in [0.25, 0.3) is 0 Å². The van der Waals surface area contributed by atoms with Crippen molar-refractivity contribution in [3.63, 3.8) is 0 Å². The summed E-state index contributed by atoms with van der Waals surface area (Å²) in [6, 6.07) is 0. The highest BCUT2D eigenvalue weighted by atomic mass is 32.3. The molecule has 1 rings (SSSR count). The lowest BCUT2D eigenvalue weighted by atomic mass is 10.1. The van der Waals surface area contributed by atoms with E-state index in [1.54, 1.807) is 0 Å². The summed E-state index contributed by atoms with van der Waals surface area (Å²) in [5.74, 6) is -0.720. The zero-order valence-electron chi connectivity index (χ0n) is 9.34. The number of rotatable bonds is 5. The smallest absolute Gasteiger partial charge is 0.401 e. The van der Waals surface area contributed by atoms with Crippen LogP contribution in [0.3, 0.4) is 0 Å². The summed E-state index contributed by atoms with van der Waals surface area (Å²) in [5, 5.41) is 0. The second kappa shape index (κ2) is 5.60. The van der Waals surface area contributed by atoms with E-state index in [0.29, 0.717) is 6.42 Å². The first-order valence-electron chi connectivity index (χ1n) is 5.19. The predicted octanol–water partition coefficient (Wildman–Crippen LogP) is 0.768. The lowest BCUT2D eigenvalue weighted by Crippen LogP contribution is -2.32. The van der Waals surface area contributed by atoms with Gasteiger partial charge in [0.2, 0.25) is 6.10 Å². The average Bonchev–Trinajstić information content (AvgIpc) is 2.53. The van der Waals surface area contributed by atoms with Crippen molar-refractivity contribution in [3.8, 4) is 0 Å². The first kappa shape index (κ1) is 13.4. The van der Waals surface area contributed by atoms with Crippen LogP contribution in [-0.4, -0.2) is 33.7 Å². The van der Waals surface area contributed by atoms with Crippen molar-refractivity contribution in [1.82, 2.24) is 0 Å². The Morgan fingerprint density at radius 1 is 1.31 bits per heavy atom. The van der Waals surface area contributed by atoms with Gasteiger partial charge in [-0.05, 0) is 6.42 Å². The van der Waals surface area contributed by atoms with Gasteiger partial charge in [0, 0.05) is 0 Å². The van der Waals surface area contributed by atoms with Crippen molar-refractivity contribution < 1.29 is 26.3 Å². The van der Waals surface area contributed by atoms with Crippen LogP contribution in [0.2, 0.25) is 0 Å². The minimum absolute atomic E-state index is 0.465. The summed E-state index contributed by atoms with van der Waals surface area (Å²) >= 11 is 0. The SMILES string of the molecule is CCCCC[C@@H]1OS(=O)(=O)O[C@H]1C(=O)OC. The topological polar surface area (TPSA) is 78.9 Å². The van der Waals surface area contributed by atoms with Gasteiger partial charge in [0.15, 0.2) is 0 Å². The highest BCUT2D eigenvalue weighted by Crippen LogP contribution is 2.25. The third kappa shape index (κ3) is 3.43. The fourth-order valence-electron chi connectivity index (χ4n) is 1.52. The van der Waals surface area contributed by atoms with E-state index < -0.39 is 28.6 Å². The van der Waals surface area contributed by atoms with Gasteiger partial charge in [0.05, 0.1) is 7.11 Å². The lowest BCUT2D eigenvalue weighted by Gasteiger charge is -2.11. The van der Waals surface area contributed by atoms with Crippen LogP contribution >= 0.6 is 0 Å². The number of methoxy groups -OCH3 is 1. The second-order valence-corrected chi connectivity index (χ2v) is 4.78. The van der Waals surface area contributed by atoms with E-state index in [9.17, 15) is 13.2 Å². The monoisotopic (exact) mass is 252 g/mol. The maximum atomic E-state index is 11.3. The van der Waals surface area contributed by atoms with E-state index >= 15 is 0 Å². The average molecular weight is 252 g/mol. The highest BCUT2D eigenvalue weighted by Gasteiger charge is 2.44. The van der Waals surface area contributed by atoms with E-state index in [0.717, 1.165) is 19.3 Å². The standard InChI is InChI=1S/C9H16O6S/c1-3-4-5-6-7-8(9(10)13-2)15-16(11,12)14-7/h7-8H,3-6H2,1-2H3/t7-,8+/m0/s1. The minimum Gasteiger partial charge on any atom is -0.467 e. The van der Waals surface area contributed by atoms with Gasteiger partial charge in [0.1, 0.15) is 6.10 Å². The molecule has 2 atom stereocenters. The van der Waals surface area contributed by atoms with Crippen LogP contribution in [0.25, 0.3) is 0 Å². The largest absolute Gasteiger partial charge is 0.467 e. The van der Waals surface area contributed by atoms with Crippen LogP contribution < -0.4 is 0 Å². The molecule has 1 aliphatic heterocycles. The molecule has 1 heterocycles. The maximum absolute atomic E-state index is 11.3. The first-order valence-corrected chi connectivity index (χ1v) is 6.53. The molecule has 0 amide bonds. The third-order valence-electron chi connectivity index (χ3n) is 2.33. The van der Waals surface area contributed by atoms with Gasteiger partial charge in [-0.3, -0.25) is 0 Å².